The smallest absolute Gasteiger partial charge is 0.137 e. The molecule has 19 heavy (non-hydrogen) atoms. The molecule has 0 unspecified atom stereocenters. The van der Waals surface area contributed by atoms with Crippen molar-refractivity contribution in [3.05, 3.63) is 44.8 Å². The van der Waals surface area contributed by atoms with Gasteiger partial charge < -0.3 is 11.1 Å². The quantitative estimate of drug-likeness (QED) is 0.849. The summed E-state index contributed by atoms with van der Waals surface area (Å²) >= 11 is 6.83. The third kappa shape index (κ3) is 3.11. The Bertz CT molecular complexity index is 617. The Morgan fingerprint density at radius 3 is 2.63 bits per heavy atom. The van der Waals surface area contributed by atoms with E-state index in [0.29, 0.717) is 4.99 Å². The fourth-order valence-corrected chi connectivity index (χ4v) is 3.14. The van der Waals surface area contributed by atoms with Gasteiger partial charge in [0.15, 0.2) is 0 Å². The lowest BCUT2D eigenvalue weighted by Crippen LogP contribution is -2.16. The first-order chi connectivity index (χ1) is 8.99. The summed E-state index contributed by atoms with van der Waals surface area (Å²) in [6.45, 7) is 6.82. The number of rotatable bonds is 4. The first-order valence-electron chi connectivity index (χ1n) is 6.02. The summed E-state index contributed by atoms with van der Waals surface area (Å²) < 4.78 is 0. The van der Waals surface area contributed by atoms with Crippen molar-refractivity contribution in [3.63, 3.8) is 0 Å². The van der Waals surface area contributed by atoms with E-state index in [1.807, 2.05) is 19.9 Å². The van der Waals surface area contributed by atoms with Gasteiger partial charge in [0, 0.05) is 12.2 Å². The molecule has 2 heterocycles. The minimum atomic E-state index is 0.384. The van der Waals surface area contributed by atoms with Crippen LogP contribution in [0.3, 0.4) is 0 Å². The van der Waals surface area contributed by atoms with Crippen molar-refractivity contribution in [2.75, 3.05) is 5.32 Å². The molecule has 2 aromatic rings. The second-order valence-corrected chi connectivity index (χ2v) is 5.79. The number of pyridine rings is 1. The van der Waals surface area contributed by atoms with Crippen LogP contribution in [-0.4, -0.2) is 9.97 Å². The molecule has 0 bridgehead atoms. The molecule has 2 aromatic heterocycles. The topological polar surface area (TPSA) is 50.9 Å². The standard InChI is InChI=1S/C14H17N3S2/c1-8-4-10(3)17-14(12(8)13(15)18)16-5-11-7-19-6-9(11)2/h4,6-7H,5H2,1-3H3,(H2,15,18)(H,16,17). The summed E-state index contributed by atoms with van der Waals surface area (Å²) in [5.41, 5.74) is 11.2. The Morgan fingerprint density at radius 1 is 1.32 bits per heavy atom. The SMILES string of the molecule is Cc1cc(C)c(C(N)=S)c(NCc2cscc2C)n1. The zero-order valence-corrected chi connectivity index (χ0v) is 12.9. The van der Waals surface area contributed by atoms with Gasteiger partial charge in [-0.25, -0.2) is 4.98 Å². The molecule has 0 aliphatic carbocycles. The van der Waals surface area contributed by atoms with Crippen LogP contribution in [0.25, 0.3) is 0 Å². The molecular weight excluding hydrogens is 274 g/mol. The maximum Gasteiger partial charge on any atom is 0.137 e. The molecule has 0 aromatic carbocycles. The fourth-order valence-electron chi connectivity index (χ4n) is 2.02. The van der Waals surface area contributed by atoms with Crippen molar-refractivity contribution in [1.29, 1.82) is 0 Å². The lowest BCUT2D eigenvalue weighted by molar-refractivity contribution is 1.07. The Kier molecular flexibility index (Phi) is 4.17. The Morgan fingerprint density at radius 2 is 2.05 bits per heavy atom. The highest BCUT2D eigenvalue weighted by molar-refractivity contribution is 7.80. The third-order valence-electron chi connectivity index (χ3n) is 3.00. The molecule has 0 radical (unpaired) electrons. The van der Waals surface area contributed by atoms with Gasteiger partial charge >= 0.3 is 0 Å². The van der Waals surface area contributed by atoms with E-state index in [-0.39, 0.29) is 0 Å². The number of hydrogen-bond acceptors (Lipinski definition) is 4. The number of nitrogens with one attached hydrogen (secondary N) is 1. The van der Waals surface area contributed by atoms with E-state index in [0.717, 1.165) is 29.2 Å². The van der Waals surface area contributed by atoms with Gasteiger partial charge in [-0.2, -0.15) is 11.3 Å². The molecule has 0 amide bonds. The van der Waals surface area contributed by atoms with Crippen molar-refractivity contribution >= 4 is 34.4 Å². The summed E-state index contributed by atoms with van der Waals surface area (Å²) in [4.78, 5) is 4.89. The van der Waals surface area contributed by atoms with Crippen molar-refractivity contribution in [1.82, 2.24) is 4.98 Å². The van der Waals surface area contributed by atoms with E-state index in [2.05, 4.69) is 28.0 Å². The minimum Gasteiger partial charge on any atom is -0.389 e. The van der Waals surface area contributed by atoms with E-state index >= 15 is 0 Å². The first-order valence-corrected chi connectivity index (χ1v) is 7.37. The van der Waals surface area contributed by atoms with Crippen LogP contribution < -0.4 is 11.1 Å². The molecule has 0 atom stereocenters. The van der Waals surface area contributed by atoms with Gasteiger partial charge in [-0.15, -0.1) is 0 Å². The normalized spacial score (nSPS) is 10.5. The van der Waals surface area contributed by atoms with Crippen LogP contribution in [0.1, 0.15) is 27.9 Å². The number of thiocarbonyl (C=S) groups is 1. The average Bonchev–Trinajstić information content (AvgIpc) is 2.70. The van der Waals surface area contributed by atoms with Gasteiger partial charge in [0.05, 0.1) is 5.56 Å². The van der Waals surface area contributed by atoms with E-state index < -0.39 is 0 Å². The summed E-state index contributed by atoms with van der Waals surface area (Å²) in [5.74, 6) is 0.774. The first kappa shape index (κ1) is 14.0. The molecular formula is C14H17N3S2. The van der Waals surface area contributed by atoms with Gasteiger partial charge in [-0.3, -0.25) is 0 Å². The minimum absolute atomic E-state index is 0.384. The summed E-state index contributed by atoms with van der Waals surface area (Å²) in [6.07, 6.45) is 0. The van der Waals surface area contributed by atoms with Gasteiger partial charge in [-0.05, 0) is 54.3 Å². The van der Waals surface area contributed by atoms with Crippen LogP contribution >= 0.6 is 23.6 Å². The van der Waals surface area contributed by atoms with Gasteiger partial charge in [-0.1, -0.05) is 12.2 Å². The second kappa shape index (κ2) is 5.67. The van der Waals surface area contributed by atoms with Crippen LogP contribution in [0.4, 0.5) is 5.82 Å². The average molecular weight is 291 g/mol. The maximum absolute atomic E-state index is 5.80. The largest absolute Gasteiger partial charge is 0.389 e. The number of thiophene rings is 1. The maximum atomic E-state index is 5.80. The molecule has 0 aliphatic heterocycles. The fraction of sp³-hybridized carbons (Fsp3) is 0.286. The van der Waals surface area contributed by atoms with E-state index in [9.17, 15) is 0 Å². The highest BCUT2D eigenvalue weighted by Gasteiger charge is 2.11. The Hall–Kier alpha value is -1.46. The van der Waals surface area contributed by atoms with Crippen molar-refractivity contribution < 1.29 is 0 Å². The van der Waals surface area contributed by atoms with Crippen LogP contribution in [0, 0.1) is 20.8 Å². The zero-order chi connectivity index (χ0) is 14.0. The number of aryl methyl sites for hydroxylation is 3. The lowest BCUT2D eigenvalue weighted by Gasteiger charge is -2.13. The molecule has 0 saturated carbocycles. The highest BCUT2D eigenvalue weighted by atomic mass is 32.1. The van der Waals surface area contributed by atoms with Gasteiger partial charge in [0.2, 0.25) is 0 Å². The monoisotopic (exact) mass is 291 g/mol. The number of hydrogen-bond donors (Lipinski definition) is 2. The predicted octanol–water partition coefficient (Wildman–Crippen LogP) is 3.31. The molecule has 0 fully saturated rings. The number of anilines is 1. The molecule has 0 saturated heterocycles. The lowest BCUT2D eigenvalue weighted by atomic mass is 10.1. The van der Waals surface area contributed by atoms with Crippen molar-refractivity contribution in [2.24, 2.45) is 5.73 Å². The second-order valence-electron chi connectivity index (χ2n) is 4.60. The molecule has 3 N–H and O–H groups in total. The third-order valence-corrected chi connectivity index (χ3v) is 4.11. The Labute approximate surface area is 122 Å². The molecule has 3 nitrogen and oxygen atoms in total. The van der Waals surface area contributed by atoms with Gasteiger partial charge in [0.25, 0.3) is 0 Å². The van der Waals surface area contributed by atoms with E-state index in [1.165, 1.54) is 11.1 Å². The molecule has 0 spiro atoms. The van der Waals surface area contributed by atoms with E-state index in [1.54, 1.807) is 11.3 Å². The van der Waals surface area contributed by atoms with Crippen LogP contribution in [-0.2, 0) is 6.54 Å². The van der Waals surface area contributed by atoms with Gasteiger partial charge in [0.1, 0.15) is 10.8 Å². The van der Waals surface area contributed by atoms with E-state index in [4.69, 9.17) is 18.0 Å². The zero-order valence-electron chi connectivity index (χ0n) is 11.3. The summed E-state index contributed by atoms with van der Waals surface area (Å²) in [5, 5.41) is 7.63. The highest BCUT2D eigenvalue weighted by Crippen LogP contribution is 2.21. The van der Waals surface area contributed by atoms with Crippen LogP contribution in [0.15, 0.2) is 16.8 Å². The van der Waals surface area contributed by atoms with Crippen molar-refractivity contribution in [2.45, 2.75) is 27.3 Å². The number of nitrogens with zero attached hydrogens (tertiary/aromatic N) is 1. The van der Waals surface area contributed by atoms with Crippen LogP contribution in [0.2, 0.25) is 0 Å². The number of aromatic nitrogens is 1. The molecule has 0 aliphatic rings. The Balaban J connectivity index is 2.29. The molecule has 5 heteroatoms. The molecule has 2 rings (SSSR count). The number of nitrogens with two attached hydrogens (primary N) is 1. The summed E-state index contributed by atoms with van der Waals surface area (Å²) in [7, 11) is 0. The summed E-state index contributed by atoms with van der Waals surface area (Å²) in [6, 6.07) is 2.00. The van der Waals surface area contributed by atoms with Crippen LogP contribution in [0.5, 0.6) is 0 Å². The molecule has 100 valence electrons. The van der Waals surface area contributed by atoms with Crippen molar-refractivity contribution in [3.8, 4) is 0 Å². The predicted molar refractivity (Wildman–Crippen MR) is 86.0 cm³/mol.